The Morgan fingerprint density at radius 2 is 1.74 bits per heavy atom. The number of Topliss-reactive ketones (excluding diaryl/α,β-unsaturated/α-hetero) is 1. The molecular formula is C18H19NO3S. The van der Waals surface area contributed by atoms with Crippen LogP contribution in [0.2, 0.25) is 0 Å². The summed E-state index contributed by atoms with van der Waals surface area (Å²) in [5.41, 5.74) is 3.25. The van der Waals surface area contributed by atoms with Gasteiger partial charge in [-0.3, -0.25) is 9.52 Å². The van der Waals surface area contributed by atoms with Crippen molar-refractivity contribution in [1.29, 1.82) is 0 Å². The number of benzene rings is 2. The molecule has 0 atom stereocenters. The molecule has 0 radical (unpaired) electrons. The van der Waals surface area contributed by atoms with Crippen molar-refractivity contribution >= 4 is 21.5 Å². The van der Waals surface area contributed by atoms with Gasteiger partial charge < -0.3 is 0 Å². The zero-order chi connectivity index (χ0) is 16.4. The molecule has 5 heteroatoms. The number of carbonyl (C=O) groups excluding carboxylic acids is 1. The minimum Gasteiger partial charge on any atom is -0.295 e. The van der Waals surface area contributed by atoms with Crippen molar-refractivity contribution in [1.82, 2.24) is 0 Å². The highest BCUT2D eigenvalue weighted by atomic mass is 32.2. The summed E-state index contributed by atoms with van der Waals surface area (Å²) in [6.07, 6.45) is 4.21. The number of fused-ring (bicyclic) bond motifs is 1. The number of carbonyl (C=O) groups is 1. The van der Waals surface area contributed by atoms with Gasteiger partial charge in [-0.25, -0.2) is 8.42 Å². The lowest BCUT2D eigenvalue weighted by Crippen LogP contribution is -2.14. The second kappa shape index (κ2) is 6.16. The minimum absolute atomic E-state index is 0.0974. The van der Waals surface area contributed by atoms with E-state index in [1.807, 2.05) is 6.07 Å². The first-order valence-electron chi connectivity index (χ1n) is 7.71. The third-order valence-corrected chi connectivity index (χ3v) is 5.53. The third-order valence-electron chi connectivity index (χ3n) is 4.15. The maximum Gasteiger partial charge on any atom is 0.261 e. The SMILES string of the molecule is CC(=O)c1cccc(NS(=O)(=O)c2ccc3c(c2)CCCC3)c1. The molecule has 0 amide bonds. The van der Waals surface area contributed by atoms with Crippen molar-refractivity contribution < 1.29 is 13.2 Å². The summed E-state index contributed by atoms with van der Waals surface area (Å²) in [5, 5.41) is 0. The fourth-order valence-corrected chi connectivity index (χ4v) is 3.99. The molecule has 4 nitrogen and oxygen atoms in total. The number of hydrogen-bond donors (Lipinski definition) is 1. The molecule has 1 aliphatic carbocycles. The van der Waals surface area contributed by atoms with Crippen molar-refractivity contribution in [3.63, 3.8) is 0 Å². The molecule has 1 N–H and O–H groups in total. The van der Waals surface area contributed by atoms with E-state index in [-0.39, 0.29) is 10.7 Å². The monoisotopic (exact) mass is 329 g/mol. The molecule has 3 rings (SSSR count). The van der Waals surface area contributed by atoms with E-state index in [0.29, 0.717) is 11.3 Å². The van der Waals surface area contributed by atoms with E-state index in [0.717, 1.165) is 31.2 Å². The van der Waals surface area contributed by atoms with E-state index in [4.69, 9.17) is 0 Å². The van der Waals surface area contributed by atoms with Gasteiger partial charge in [0, 0.05) is 11.3 Å². The highest BCUT2D eigenvalue weighted by Crippen LogP contribution is 2.25. The largest absolute Gasteiger partial charge is 0.295 e. The highest BCUT2D eigenvalue weighted by Gasteiger charge is 2.18. The molecular weight excluding hydrogens is 310 g/mol. The number of sulfonamides is 1. The fraction of sp³-hybridized carbons (Fsp3) is 0.278. The molecule has 2 aromatic rings. The van der Waals surface area contributed by atoms with Gasteiger partial charge >= 0.3 is 0 Å². The van der Waals surface area contributed by atoms with E-state index in [1.54, 1.807) is 36.4 Å². The summed E-state index contributed by atoms with van der Waals surface area (Å²) in [6.45, 7) is 1.46. The van der Waals surface area contributed by atoms with Gasteiger partial charge in [0.15, 0.2) is 5.78 Å². The Kier molecular flexibility index (Phi) is 4.22. The van der Waals surface area contributed by atoms with Crippen LogP contribution in [0.15, 0.2) is 47.4 Å². The van der Waals surface area contributed by atoms with E-state index in [2.05, 4.69) is 4.72 Å². The molecule has 0 unspecified atom stereocenters. The molecule has 2 aromatic carbocycles. The number of aryl methyl sites for hydroxylation is 2. The zero-order valence-electron chi connectivity index (χ0n) is 13.0. The molecule has 0 spiro atoms. The van der Waals surface area contributed by atoms with Crippen LogP contribution in [0, 0.1) is 0 Å². The Labute approximate surface area is 136 Å². The van der Waals surface area contributed by atoms with Crippen LogP contribution in [-0.2, 0) is 22.9 Å². The molecule has 0 bridgehead atoms. The van der Waals surface area contributed by atoms with Gasteiger partial charge in [-0.1, -0.05) is 18.2 Å². The average molecular weight is 329 g/mol. The second-order valence-corrected chi connectivity index (χ2v) is 7.56. The normalized spacial score (nSPS) is 14.1. The molecule has 0 fully saturated rings. The fourth-order valence-electron chi connectivity index (χ4n) is 2.89. The van der Waals surface area contributed by atoms with Gasteiger partial charge in [-0.2, -0.15) is 0 Å². The molecule has 0 heterocycles. The van der Waals surface area contributed by atoms with E-state index in [1.165, 1.54) is 12.5 Å². The van der Waals surface area contributed by atoms with Gasteiger partial charge in [0.05, 0.1) is 4.90 Å². The maximum atomic E-state index is 12.6. The lowest BCUT2D eigenvalue weighted by molar-refractivity contribution is 0.101. The first kappa shape index (κ1) is 15.7. The highest BCUT2D eigenvalue weighted by molar-refractivity contribution is 7.92. The number of hydrogen-bond acceptors (Lipinski definition) is 3. The minimum atomic E-state index is -3.65. The van der Waals surface area contributed by atoms with Crippen molar-refractivity contribution in [3.8, 4) is 0 Å². The van der Waals surface area contributed by atoms with Crippen LogP contribution in [0.1, 0.15) is 41.3 Å². The summed E-state index contributed by atoms with van der Waals surface area (Å²) in [7, 11) is -3.65. The topological polar surface area (TPSA) is 63.2 Å². The summed E-state index contributed by atoms with van der Waals surface area (Å²) in [4.78, 5) is 11.7. The lowest BCUT2D eigenvalue weighted by Gasteiger charge is -2.17. The van der Waals surface area contributed by atoms with Gasteiger partial charge in [-0.05, 0) is 68.0 Å². The van der Waals surface area contributed by atoms with Crippen LogP contribution < -0.4 is 4.72 Å². The molecule has 1 aliphatic rings. The molecule has 120 valence electrons. The predicted molar refractivity (Wildman–Crippen MR) is 90.3 cm³/mol. The van der Waals surface area contributed by atoms with Crippen LogP contribution >= 0.6 is 0 Å². The van der Waals surface area contributed by atoms with Crippen LogP contribution in [0.25, 0.3) is 0 Å². The quantitative estimate of drug-likeness (QED) is 0.872. The predicted octanol–water partition coefficient (Wildman–Crippen LogP) is 3.57. The first-order chi connectivity index (χ1) is 11.0. The van der Waals surface area contributed by atoms with Gasteiger partial charge in [-0.15, -0.1) is 0 Å². The Morgan fingerprint density at radius 1 is 1.00 bits per heavy atom. The zero-order valence-corrected chi connectivity index (χ0v) is 13.8. The third kappa shape index (κ3) is 3.45. The van der Waals surface area contributed by atoms with Crippen molar-refractivity contribution in [2.75, 3.05) is 4.72 Å². The summed E-state index contributed by atoms with van der Waals surface area (Å²) in [5.74, 6) is -0.0974. The Bertz CT molecular complexity index is 856. The summed E-state index contributed by atoms with van der Waals surface area (Å²) < 4.78 is 27.7. The number of nitrogens with one attached hydrogen (secondary N) is 1. The number of rotatable bonds is 4. The Morgan fingerprint density at radius 3 is 2.48 bits per heavy atom. The molecule has 23 heavy (non-hydrogen) atoms. The van der Waals surface area contributed by atoms with E-state index >= 15 is 0 Å². The number of anilines is 1. The number of ketones is 1. The van der Waals surface area contributed by atoms with Crippen molar-refractivity contribution in [3.05, 3.63) is 59.2 Å². The lowest BCUT2D eigenvalue weighted by atomic mass is 9.92. The Hall–Kier alpha value is -2.14. The van der Waals surface area contributed by atoms with E-state index in [9.17, 15) is 13.2 Å². The smallest absolute Gasteiger partial charge is 0.261 e. The standard InChI is InChI=1S/C18H19NO3S/c1-13(20)15-7-4-8-17(11-15)19-23(21,22)18-10-9-14-5-2-3-6-16(14)12-18/h4,7-12,19H,2-3,5-6H2,1H3. The van der Waals surface area contributed by atoms with Crippen LogP contribution in [0.5, 0.6) is 0 Å². The van der Waals surface area contributed by atoms with Gasteiger partial charge in [0.25, 0.3) is 10.0 Å². The van der Waals surface area contributed by atoms with E-state index < -0.39 is 10.0 Å². The molecule has 0 saturated carbocycles. The van der Waals surface area contributed by atoms with Crippen LogP contribution in [0.4, 0.5) is 5.69 Å². The first-order valence-corrected chi connectivity index (χ1v) is 9.20. The van der Waals surface area contributed by atoms with Crippen LogP contribution in [-0.4, -0.2) is 14.2 Å². The second-order valence-electron chi connectivity index (χ2n) is 5.88. The van der Waals surface area contributed by atoms with Crippen molar-refractivity contribution in [2.45, 2.75) is 37.5 Å². The molecule has 0 saturated heterocycles. The average Bonchev–Trinajstić information content (AvgIpc) is 2.54. The van der Waals surface area contributed by atoms with Gasteiger partial charge in [0.2, 0.25) is 0 Å². The van der Waals surface area contributed by atoms with Gasteiger partial charge in [0.1, 0.15) is 0 Å². The molecule has 0 aromatic heterocycles. The summed E-state index contributed by atoms with van der Waals surface area (Å²) in [6, 6.07) is 11.9. The van der Waals surface area contributed by atoms with Crippen molar-refractivity contribution in [2.24, 2.45) is 0 Å². The maximum absolute atomic E-state index is 12.6. The van der Waals surface area contributed by atoms with Crippen LogP contribution in [0.3, 0.4) is 0 Å². The molecule has 0 aliphatic heterocycles. The summed E-state index contributed by atoms with van der Waals surface area (Å²) >= 11 is 0. The Balaban J connectivity index is 1.90.